The SMILES string of the molecule is C=CC(=O)OCC(CC)[SiH2]OCC. The number of carbonyl (C=O) groups is 1. The minimum absolute atomic E-state index is 0.344. The van der Waals surface area contributed by atoms with Crippen LogP contribution in [0.3, 0.4) is 0 Å². The van der Waals surface area contributed by atoms with E-state index in [1.165, 1.54) is 6.08 Å². The molecule has 0 bridgehead atoms. The van der Waals surface area contributed by atoms with Crippen LogP contribution < -0.4 is 0 Å². The summed E-state index contributed by atoms with van der Waals surface area (Å²) >= 11 is 0. The molecule has 0 aromatic rings. The highest BCUT2D eigenvalue weighted by molar-refractivity contribution is 6.29. The van der Waals surface area contributed by atoms with Crippen LogP contribution in [0.1, 0.15) is 20.3 Å². The topological polar surface area (TPSA) is 35.5 Å². The van der Waals surface area contributed by atoms with Crippen molar-refractivity contribution >= 4 is 15.7 Å². The second-order valence-electron chi connectivity index (χ2n) is 2.77. The molecular formula is C9H18O3Si. The summed E-state index contributed by atoms with van der Waals surface area (Å²) in [6.07, 6.45) is 2.20. The van der Waals surface area contributed by atoms with Crippen LogP contribution in [0.2, 0.25) is 5.54 Å². The molecular weight excluding hydrogens is 184 g/mol. The van der Waals surface area contributed by atoms with E-state index < -0.39 is 9.76 Å². The van der Waals surface area contributed by atoms with Gasteiger partial charge in [0.05, 0.1) is 6.61 Å². The van der Waals surface area contributed by atoms with Gasteiger partial charge in [0, 0.05) is 18.2 Å². The lowest BCUT2D eigenvalue weighted by Gasteiger charge is -2.12. The first-order chi connectivity index (χ1) is 6.24. The van der Waals surface area contributed by atoms with E-state index in [2.05, 4.69) is 13.5 Å². The first-order valence-electron chi connectivity index (χ1n) is 4.61. The van der Waals surface area contributed by atoms with Crippen molar-refractivity contribution in [3.05, 3.63) is 12.7 Å². The molecule has 3 nitrogen and oxygen atoms in total. The number of esters is 1. The molecule has 0 amide bonds. The maximum Gasteiger partial charge on any atom is 0.330 e. The number of carbonyl (C=O) groups excluding carboxylic acids is 1. The lowest BCUT2D eigenvalue weighted by Crippen LogP contribution is -2.15. The molecule has 0 fully saturated rings. The summed E-state index contributed by atoms with van der Waals surface area (Å²) in [6.45, 7) is 8.64. The predicted molar refractivity (Wildman–Crippen MR) is 55.4 cm³/mol. The zero-order chi connectivity index (χ0) is 10.1. The van der Waals surface area contributed by atoms with Gasteiger partial charge in [-0.3, -0.25) is 0 Å². The smallest absolute Gasteiger partial charge is 0.330 e. The van der Waals surface area contributed by atoms with E-state index in [0.717, 1.165) is 13.0 Å². The Morgan fingerprint density at radius 2 is 2.31 bits per heavy atom. The van der Waals surface area contributed by atoms with Crippen molar-refractivity contribution in [1.29, 1.82) is 0 Å². The summed E-state index contributed by atoms with van der Waals surface area (Å²) in [5.74, 6) is -0.344. The van der Waals surface area contributed by atoms with Crippen molar-refractivity contribution in [2.75, 3.05) is 13.2 Å². The highest BCUT2D eigenvalue weighted by atomic mass is 28.2. The Bertz CT molecular complexity index is 159. The molecule has 0 aromatic heterocycles. The Morgan fingerprint density at radius 3 is 2.77 bits per heavy atom. The Morgan fingerprint density at radius 1 is 1.62 bits per heavy atom. The second-order valence-corrected chi connectivity index (χ2v) is 4.66. The first kappa shape index (κ1) is 12.4. The second kappa shape index (κ2) is 8.01. The van der Waals surface area contributed by atoms with E-state index >= 15 is 0 Å². The number of rotatable bonds is 7. The molecule has 0 saturated heterocycles. The Balaban J connectivity index is 3.58. The van der Waals surface area contributed by atoms with E-state index in [-0.39, 0.29) is 5.97 Å². The Kier molecular flexibility index (Phi) is 7.63. The number of hydrogen-bond donors (Lipinski definition) is 0. The summed E-state index contributed by atoms with van der Waals surface area (Å²) < 4.78 is 10.3. The summed E-state index contributed by atoms with van der Waals surface area (Å²) in [7, 11) is -0.537. The van der Waals surface area contributed by atoms with Crippen molar-refractivity contribution in [2.45, 2.75) is 25.8 Å². The molecule has 0 heterocycles. The van der Waals surface area contributed by atoms with Gasteiger partial charge in [-0.2, -0.15) is 0 Å². The van der Waals surface area contributed by atoms with Gasteiger partial charge in [-0.05, 0) is 6.92 Å². The van der Waals surface area contributed by atoms with E-state index in [4.69, 9.17) is 9.16 Å². The summed E-state index contributed by atoms with van der Waals surface area (Å²) in [5, 5.41) is 0. The van der Waals surface area contributed by atoms with Crippen molar-refractivity contribution in [3.8, 4) is 0 Å². The molecule has 13 heavy (non-hydrogen) atoms. The zero-order valence-electron chi connectivity index (χ0n) is 8.41. The van der Waals surface area contributed by atoms with Crippen LogP contribution in [0.5, 0.6) is 0 Å². The predicted octanol–water partition coefficient (Wildman–Crippen LogP) is 1.03. The van der Waals surface area contributed by atoms with Gasteiger partial charge in [-0.1, -0.05) is 19.9 Å². The van der Waals surface area contributed by atoms with Gasteiger partial charge in [0.25, 0.3) is 0 Å². The monoisotopic (exact) mass is 202 g/mol. The molecule has 0 radical (unpaired) electrons. The molecule has 1 unspecified atom stereocenters. The van der Waals surface area contributed by atoms with Gasteiger partial charge < -0.3 is 9.16 Å². The molecule has 0 aromatic carbocycles. The molecule has 0 aliphatic heterocycles. The van der Waals surface area contributed by atoms with E-state index in [0.29, 0.717) is 12.1 Å². The third-order valence-corrected chi connectivity index (χ3v) is 3.69. The van der Waals surface area contributed by atoms with Crippen LogP contribution >= 0.6 is 0 Å². The van der Waals surface area contributed by atoms with Gasteiger partial charge in [0.1, 0.15) is 0 Å². The minimum Gasteiger partial charge on any atom is -0.462 e. The summed E-state index contributed by atoms with van der Waals surface area (Å²) in [6, 6.07) is 0. The molecule has 76 valence electrons. The molecule has 0 spiro atoms. The van der Waals surface area contributed by atoms with Crippen molar-refractivity contribution in [3.63, 3.8) is 0 Å². The minimum atomic E-state index is -0.537. The van der Waals surface area contributed by atoms with Crippen molar-refractivity contribution in [2.24, 2.45) is 0 Å². The highest BCUT2D eigenvalue weighted by Gasteiger charge is 2.09. The number of ether oxygens (including phenoxy) is 1. The Hall–Kier alpha value is -0.613. The fourth-order valence-electron chi connectivity index (χ4n) is 0.827. The van der Waals surface area contributed by atoms with Gasteiger partial charge in [0.15, 0.2) is 9.76 Å². The maximum absolute atomic E-state index is 10.7. The molecule has 0 aliphatic carbocycles. The van der Waals surface area contributed by atoms with Gasteiger partial charge in [-0.15, -0.1) is 0 Å². The average Bonchev–Trinajstić information content (AvgIpc) is 2.17. The molecule has 4 heteroatoms. The molecule has 0 aliphatic rings. The van der Waals surface area contributed by atoms with Gasteiger partial charge in [-0.25, -0.2) is 4.79 Å². The largest absolute Gasteiger partial charge is 0.462 e. The van der Waals surface area contributed by atoms with E-state index in [1.54, 1.807) is 0 Å². The van der Waals surface area contributed by atoms with Crippen LogP contribution in [0.25, 0.3) is 0 Å². The maximum atomic E-state index is 10.7. The van der Waals surface area contributed by atoms with Gasteiger partial charge in [0.2, 0.25) is 0 Å². The van der Waals surface area contributed by atoms with Crippen LogP contribution in [0.4, 0.5) is 0 Å². The normalized spacial score (nSPS) is 13.1. The fraction of sp³-hybridized carbons (Fsp3) is 0.667. The lowest BCUT2D eigenvalue weighted by atomic mass is 10.3. The van der Waals surface area contributed by atoms with Crippen LogP contribution in [0, 0.1) is 0 Å². The summed E-state index contributed by atoms with van der Waals surface area (Å²) in [4.78, 5) is 10.7. The first-order valence-corrected chi connectivity index (χ1v) is 6.00. The standard InChI is InChI=1S/C9H18O3Si/c1-4-8(13-12-6-3)7-11-9(10)5-2/h5,8H,2,4,6-7,13H2,1,3H3. The van der Waals surface area contributed by atoms with Crippen LogP contribution in [0.15, 0.2) is 12.7 Å². The van der Waals surface area contributed by atoms with Gasteiger partial charge >= 0.3 is 5.97 Å². The third-order valence-electron chi connectivity index (χ3n) is 1.76. The van der Waals surface area contributed by atoms with Crippen molar-refractivity contribution < 1.29 is 14.0 Å². The van der Waals surface area contributed by atoms with Crippen molar-refractivity contribution in [1.82, 2.24) is 0 Å². The van der Waals surface area contributed by atoms with E-state index in [1.807, 2.05) is 6.92 Å². The molecule has 0 saturated carbocycles. The Labute approximate surface area is 82.1 Å². The summed E-state index contributed by atoms with van der Waals surface area (Å²) in [5.41, 5.74) is 0.434. The molecule has 1 atom stereocenters. The average molecular weight is 202 g/mol. The molecule has 0 rings (SSSR count). The quantitative estimate of drug-likeness (QED) is 0.351. The zero-order valence-corrected chi connectivity index (χ0v) is 9.83. The van der Waals surface area contributed by atoms with Crippen LogP contribution in [-0.4, -0.2) is 28.9 Å². The van der Waals surface area contributed by atoms with Crippen LogP contribution in [-0.2, 0) is 14.0 Å². The number of hydrogen-bond acceptors (Lipinski definition) is 3. The van der Waals surface area contributed by atoms with E-state index in [9.17, 15) is 4.79 Å². The highest BCUT2D eigenvalue weighted by Crippen LogP contribution is 2.09. The third kappa shape index (κ3) is 6.54. The molecule has 0 N–H and O–H groups in total. The fourth-order valence-corrected chi connectivity index (χ4v) is 1.85. The lowest BCUT2D eigenvalue weighted by molar-refractivity contribution is -0.137.